The van der Waals surface area contributed by atoms with Crippen molar-refractivity contribution < 1.29 is 19.1 Å². The number of aromatic nitrogens is 1. The number of hydrogen-bond acceptors (Lipinski definition) is 5. The topological polar surface area (TPSA) is 74.6 Å². The van der Waals surface area contributed by atoms with Crippen LogP contribution in [-0.2, 0) is 38.4 Å². The van der Waals surface area contributed by atoms with E-state index in [1.54, 1.807) is 0 Å². The van der Waals surface area contributed by atoms with E-state index in [0.717, 1.165) is 34.8 Å². The number of esters is 2. The second-order valence-electron chi connectivity index (χ2n) is 8.40. The molecule has 0 radical (unpaired) electrons. The lowest BCUT2D eigenvalue weighted by Crippen LogP contribution is -2.53. The third-order valence-electron chi connectivity index (χ3n) is 5.56. The third kappa shape index (κ3) is 3.49. The number of carbonyl (C=O) groups excluding carboxylic acids is 2. The van der Waals surface area contributed by atoms with Crippen molar-refractivity contribution in [2.45, 2.75) is 65.7 Å². The fourth-order valence-electron chi connectivity index (χ4n) is 4.17. The number of ether oxygens (including phenoxy) is 2. The number of methoxy groups -OCH3 is 2. The van der Waals surface area contributed by atoms with Crippen LogP contribution in [0, 0.1) is 12.3 Å². The summed E-state index contributed by atoms with van der Waals surface area (Å²) in [6.45, 7) is 11.0. The molecule has 1 aromatic heterocycles. The summed E-state index contributed by atoms with van der Waals surface area (Å²) in [6.07, 6.45) is 2.28. The molecule has 0 saturated carbocycles. The minimum absolute atomic E-state index is 0.0319. The molecule has 0 saturated heterocycles. The Morgan fingerprint density at radius 3 is 2.04 bits per heavy atom. The first-order valence-electron chi connectivity index (χ1n) is 9.47. The van der Waals surface area contributed by atoms with Crippen molar-refractivity contribution >= 4 is 25.2 Å². The quantitative estimate of drug-likeness (QED) is 0.419. The predicted molar refractivity (Wildman–Crippen MR) is 107 cm³/mol. The molecule has 1 aromatic rings. The maximum atomic E-state index is 13.4. The zero-order valence-corrected chi connectivity index (χ0v) is 18.5. The number of fused-ring (bicyclic) bond motifs is 1. The molecule has 150 valence electrons. The van der Waals surface area contributed by atoms with E-state index in [-0.39, 0.29) is 18.4 Å². The lowest BCUT2D eigenvalue weighted by Gasteiger charge is -2.24. The highest BCUT2D eigenvalue weighted by Gasteiger charge is 2.54. The first-order chi connectivity index (χ1) is 12.5. The molecule has 0 aromatic carbocycles. The first-order valence-corrected chi connectivity index (χ1v) is 13.0. The van der Waals surface area contributed by atoms with Gasteiger partial charge < -0.3 is 14.0 Å². The molecule has 0 N–H and O–H groups in total. The van der Waals surface area contributed by atoms with Crippen LogP contribution in [0.1, 0.15) is 36.6 Å². The largest absolute Gasteiger partial charge is 0.468 e. The Morgan fingerprint density at radius 1 is 1.07 bits per heavy atom. The summed E-state index contributed by atoms with van der Waals surface area (Å²) in [6, 6.07) is 0. The van der Waals surface area contributed by atoms with Gasteiger partial charge in [0.15, 0.2) is 5.41 Å². The summed E-state index contributed by atoms with van der Waals surface area (Å²) in [5.74, 6) is -1.20. The second kappa shape index (κ2) is 7.62. The smallest absolute Gasteiger partial charge is 0.323 e. The van der Waals surface area contributed by atoms with Crippen LogP contribution >= 0.6 is 0 Å². The molecular weight excluding hydrogens is 362 g/mol. The van der Waals surface area contributed by atoms with Crippen LogP contribution in [0.4, 0.5) is 0 Å². The molecule has 0 bridgehead atoms. The highest BCUT2D eigenvalue weighted by molar-refractivity contribution is 6.89. The van der Waals surface area contributed by atoms with Gasteiger partial charge in [-0.25, -0.2) is 0 Å². The molecule has 0 amide bonds. The van der Waals surface area contributed by atoms with E-state index >= 15 is 0 Å². The van der Waals surface area contributed by atoms with Crippen molar-refractivity contribution in [3.05, 3.63) is 27.2 Å². The fraction of sp³-hybridized carbons (Fsp3) is 0.650. The molecule has 0 atom stereocenters. The minimum atomic E-state index is -2.02. The normalized spacial score (nSPS) is 15.4. The third-order valence-corrected chi connectivity index (χ3v) is 7.58. The molecule has 27 heavy (non-hydrogen) atoms. The lowest BCUT2D eigenvalue weighted by atomic mass is 9.84. The Kier molecular flexibility index (Phi) is 6.04. The summed E-state index contributed by atoms with van der Waals surface area (Å²) >= 11 is 0. The summed E-state index contributed by atoms with van der Waals surface area (Å²) in [5.41, 5.74) is 1.27. The van der Waals surface area contributed by atoms with Crippen molar-refractivity contribution in [1.29, 1.82) is 0 Å². The van der Waals surface area contributed by atoms with Gasteiger partial charge in [-0.15, -0.1) is 0 Å². The highest BCUT2D eigenvalue weighted by atomic mass is 28.3. The van der Waals surface area contributed by atoms with E-state index < -0.39 is 25.4 Å². The number of unbranched alkanes of at least 4 members (excludes halogenated alkanes) is 1. The molecule has 1 aliphatic carbocycles. The molecule has 0 fully saturated rings. The summed E-state index contributed by atoms with van der Waals surface area (Å²) < 4.78 is 11.8. The van der Waals surface area contributed by atoms with E-state index in [2.05, 4.69) is 26.6 Å². The predicted octanol–water partition coefficient (Wildman–Crippen LogP) is 1.93. The second-order valence-corrected chi connectivity index (χ2v) is 13.4. The van der Waals surface area contributed by atoms with Gasteiger partial charge in [-0.1, -0.05) is 33.0 Å². The number of carbonyl (C=O) groups is 2. The van der Waals surface area contributed by atoms with Crippen molar-refractivity contribution in [3.8, 4) is 0 Å². The number of pyridine rings is 1. The van der Waals surface area contributed by atoms with E-state index in [4.69, 9.17) is 9.47 Å². The molecule has 0 unspecified atom stereocenters. The van der Waals surface area contributed by atoms with Crippen molar-refractivity contribution in [2.75, 3.05) is 14.2 Å². The van der Waals surface area contributed by atoms with Crippen LogP contribution in [0.2, 0.25) is 19.6 Å². The van der Waals surface area contributed by atoms with Crippen LogP contribution in [0.25, 0.3) is 0 Å². The lowest BCUT2D eigenvalue weighted by molar-refractivity contribution is -0.168. The first kappa shape index (κ1) is 21.4. The van der Waals surface area contributed by atoms with Crippen molar-refractivity contribution in [3.63, 3.8) is 0 Å². The summed E-state index contributed by atoms with van der Waals surface area (Å²) in [5, 5.41) is 0.814. The van der Waals surface area contributed by atoms with E-state index in [1.165, 1.54) is 14.2 Å². The fourth-order valence-corrected chi connectivity index (χ4v) is 6.09. The maximum Gasteiger partial charge on any atom is 0.323 e. The van der Waals surface area contributed by atoms with Crippen LogP contribution in [-0.4, -0.2) is 38.8 Å². The molecule has 1 aliphatic rings. The van der Waals surface area contributed by atoms with Gasteiger partial charge in [-0.3, -0.25) is 14.4 Å². The molecule has 2 rings (SSSR count). The van der Waals surface area contributed by atoms with Gasteiger partial charge in [0.1, 0.15) is 0 Å². The van der Waals surface area contributed by atoms with Crippen molar-refractivity contribution in [1.82, 2.24) is 4.57 Å². The van der Waals surface area contributed by atoms with Gasteiger partial charge in [-0.2, -0.15) is 0 Å². The van der Waals surface area contributed by atoms with E-state index in [1.807, 2.05) is 11.5 Å². The molecule has 0 aliphatic heterocycles. The van der Waals surface area contributed by atoms with Crippen molar-refractivity contribution in [2.24, 2.45) is 5.41 Å². The average Bonchev–Trinajstić information content (AvgIpc) is 3.00. The Bertz CT molecular complexity index is 803. The van der Waals surface area contributed by atoms with Gasteiger partial charge in [-0.05, 0) is 30.9 Å². The monoisotopic (exact) mass is 393 g/mol. The SMILES string of the molecule is CCCCn1c(C)c2c(c([Si](C)(C)C)c1=O)CC(C(=O)OC)(C(=O)OC)C2. The zero-order valence-electron chi connectivity index (χ0n) is 17.5. The summed E-state index contributed by atoms with van der Waals surface area (Å²) in [7, 11) is 0.543. The van der Waals surface area contributed by atoms with Gasteiger partial charge in [0.2, 0.25) is 5.56 Å². The zero-order chi connectivity index (χ0) is 20.6. The van der Waals surface area contributed by atoms with Crippen LogP contribution in [0.5, 0.6) is 0 Å². The molecule has 6 nitrogen and oxygen atoms in total. The van der Waals surface area contributed by atoms with Gasteiger partial charge in [0.25, 0.3) is 0 Å². The maximum absolute atomic E-state index is 13.4. The van der Waals surface area contributed by atoms with Gasteiger partial charge in [0, 0.05) is 23.8 Å². The van der Waals surface area contributed by atoms with Crippen LogP contribution in [0.15, 0.2) is 4.79 Å². The summed E-state index contributed by atoms with van der Waals surface area (Å²) in [4.78, 5) is 38.6. The van der Waals surface area contributed by atoms with E-state index in [0.29, 0.717) is 6.54 Å². The minimum Gasteiger partial charge on any atom is -0.468 e. The highest BCUT2D eigenvalue weighted by Crippen LogP contribution is 2.40. The average molecular weight is 394 g/mol. The van der Waals surface area contributed by atoms with Gasteiger partial charge in [0.05, 0.1) is 22.3 Å². The number of nitrogens with zero attached hydrogens (tertiary/aromatic N) is 1. The standard InChI is InChI=1S/C20H31NO5Si/c1-8-9-10-21-13(2)14-11-20(18(23)25-3,19(24)26-4)12-15(14)16(17(21)22)27(5,6)7/h8-12H2,1-7H3. The van der Waals surface area contributed by atoms with E-state index in [9.17, 15) is 14.4 Å². The molecular formula is C20H31NO5Si. The molecule has 7 heteroatoms. The molecule has 1 heterocycles. The van der Waals surface area contributed by atoms with Crippen LogP contribution in [0.3, 0.4) is 0 Å². The Hall–Kier alpha value is -1.89. The Balaban J connectivity index is 2.79. The molecule has 0 spiro atoms. The number of rotatable bonds is 6. The number of hydrogen-bond donors (Lipinski definition) is 0. The Labute approximate surface area is 161 Å². The Morgan fingerprint density at radius 2 is 1.59 bits per heavy atom. The van der Waals surface area contributed by atoms with Gasteiger partial charge >= 0.3 is 11.9 Å². The van der Waals surface area contributed by atoms with Crippen LogP contribution < -0.4 is 10.7 Å².